The molecule has 4 atom stereocenters. The third-order valence-electron chi connectivity index (χ3n) is 6.79. The zero-order valence-electron chi connectivity index (χ0n) is 18.2. The molecular formula is C22H31N7O2. The normalized spacial score (nSPS) is 28.9. The van der Waals surface area contributed by atoms with Crippen molar-refractivity contribution in [1.82, 2.24) is 25.8 Å². The van der Waals surface area contributed by atoms with Gasteiger partial charge < -0.3 is 20.9 Å². The molecule has 31 heavy (non-hydrogen) atoms. The summed E-state index contributed by atoms with van der Waals surface area (Å²) in [6.07, 6.45) is 1.95. The number of hydrogen-bond acceptors (Lipinski definition) is 7. The van der Waals surface area contributed by atoms with Crippen LogP contribution in [0.15, 0.2) is 12.1 Å². The van der Waals surface area contributed by atoms with Gasteiger partial charge in [-0.3, -0.25) is 14.5 Å². The minimum Gasteiger partial charge on any atom is -0.367 e. The predicted molar refractivity (Wildman–Crippen MR) is 117 cm³/mol. The number of piperazine rings is 1. The maximum absolute atomic E-state index is 12.0. The van der Waals surface area contributed by atoms with E-state index in [1.165, 1.54) is 0 Å². The maximum atomic E-state index is 12.0. The number of rotatable bonds is 4. The number of hydrogen-bond donors (Lipinski definition) is 3. The number of nitrogens with one attached hydrogen (secondary N) is 3. The van der Waals surface area contributed by atoms with Crippen molar-refractivity contribution in [3.63, 3.8) is 0 Å². The van der Waals surface area contributed by atoms with E-state index < -0.39 is 0 Å². The van der Waals surface area contributed by atoms with Gasteiger partial charge >= 0.3 is 0 Å². The van der Waals surface area contributed by atoms with Gasteiger partial charge in [0.25, 0.3) is 5.91 Å². The van der Waals surface area contributed by atoms with E-state index in [9.17, 15) is 14.9 Å². The summed E-state index contributed by atoms with van der Waals surface area (Å²) in [6.45, 7) is 7.46. The second-order valence-corrected chi connectivity index (χ2v) is 8.91. The van der Waals surface area contributed by atoms with Crippen molar-refractivity contribution in [2.45, 2.75) is 31.8 Å². The van der Waals surface area contributed by atoms with E-state index in [2.05, 4.69) is 36.8 Å². The van der Waals surface area contributed by atoms with Gasteiger partial charge in [0, 0.05) is 57.8 Å². The van der Waals surface area contributed by atoms with Crippen molar-refractivity contribution >= 4 is 17.5 Å². The van der Waals surface area contributed by atoms with Crippen LogP contribution in [0, 0.1) is 23.2 Å². The van der Waals surface area contributed by atoms with Crippen LogP contribution in [0.3, 0.4) is 0 Å². The minimum absolute atomic E-state index is 0.0941. The predicted octanol–water partition coefficient (Wildman–Crippen LogP) is -0.0624. The lowest BCUT2D eigenvalue weighted by Crippen LogP contribution is -2.62. The molecule has 9 heteroatoms. The number of nitriles is 1. The zero-order chi connectivity index (χ0) is 22.0. The van der Waals surface area contributed by atoms with Crippen LogP contribution in [0.5, 0.6) is 0 Å². The first-order valence-corrected chi connectivity index (χ1v) is 11.1. The molecule has 3 aliphatic heterocycles. The number of piperidine rings is 2. The Kier molecular flexibility index (Phi) is 6.39. The van der Waals surface area contributed by atoms with Crippen molar-refractivity contribution in [3.8, 4) is 6.07 Å². The summed E-state index contributed by atoms with van der Waals surface area (Å²) >= 11 is 0. The first-order valence-electron chi connectivity index (χ1n) is 11.1. The summed E-state index contributed by atoms with van der Waals surface area (Å²) in [5, 5.41) is 18.9. The topological polar surface area (TPSA) is 113 Å². The van der Waals surface area contributed by atoms with Gasteiger partial charge in [-0.15, -0.1) is 0 Å². The Balaban J connectivity index is 1.31. The molecule has 0 saturated carbocycles. The quantitative estimate of drug-likeness (QED) is 0.619. The van der Waals surface area contributed by atoms with Crippen LogP contribution in [0.1, 0.15) is 35.9 Å². The molecule has 0 spiro atoms. The molecule has 4 unspecified atom stereocenters. The molecule has 3 saturated heterocycles. The lowest BCUT2D eigenvalue weighted by atomic mass is 9.82. The largest absolute Gasteiger partial charge is 0.367 e. The Labute approximate surface area is 183 Å². The van der Waals surface area contributed by atoms with Crippen LogP contribution < -0.4 is 20.9 Å². The molecule has 0 radical (unpaired) electrons. The lowest BCUT2D eigenvalue weighted by molar-refractivity contribution is -0.128. The molecule has 1 aromatic heterocycles. The Morgan fingerprint density at radius 2 is 2.03 bits per heavy atom. The van der Waals surface area contributed by atoms with E-state index in [0.29, 0.717) is 17.7 Å². The summed E-state index contributed by atoms with van der Waals surface area (Å²) in [5.74, 6) is 0.503. The third-order valence-corrected chi connectivity index (χ3v) is 6.79. The van der Waals surface area contributed by atoms with Crippen molar-refractivity contribution in [3.05, 3.63) is 23.5 Å². The first kappa shape index (κ1) is 21.5. The standard InChI is InChI=1S/C22H31N7O2/c1-14-9-17-18(27-21(14)30)10-15(12-25-17)13-28-5-7-29(8-6-28)20-4-3-16(22(31)24-2)26-19(20)11-23/h3-4,14-15,17-18,25H,5-10,12-13H2,1-2H3,(H,24,31)(H,27,30). The molecule has 9 nitrogen and oxygen atoms in total. The fourth-order valence-electron chi connectivity index (χ4n) is 5.01. The molecule has 4 heterocycles. The number of amides is 2. The van der Waals surface area contributed by atoms with Gasteiger partial charge in [0.2, 0.25) is 5.91 Å². The van der Waals surface area contributed by atoms with E-state index >= 15 is 0 Å². The summed E-state index contributed by atoms with van der Waals surface area (Å²) < 4.78 is 0. The third kappa shape index (κ3) is 4.65. The molecule has 1 aromatic rings. The molecule has 0 aromatic carbocycles. The van der Waals surface area contributed by atoms with Crippen LogP contribution in [0.25, 0.3) is 0 Å². The van der Waals surface area contributed by atoms with E-state index in [1.54, 1.807) is 13.1 Å². The maximum Gasteiger partial charge on any atom is 0.269 e. The van der Waals surface area contributed by atoms with E-state index in [-0.39, 0.29) is 29.5 Å². The van der Waals surface area contributed by atoms with Gasteiger partial charge in [0.15, 0.2) is 5.69 Å². The molecule has 4 rings (SSSR count). The summed E-state index contributed by atoms with van der Waals surface area (Å²) in [4.78, 5) is 32.7. The van der Waals surface area contributed by atoms with Crippen LogP contribution >= 0.6 is 0 Å². The van der Waals surface area contributed by atoms with Gasteiger partial charge in [-0.1, -0.05) is 6.92 Å². The summed E-state index contributed by atoms with van der Waals surface area (Å²) in [7, 11) is 1.55. The fraction of sp³-hybridized carbons (Fsp3) is 0.636. The van der Waals surface area contributed by atoms with Gasteiger partial charge in [0.1, 0.15) is 11.8 Å². The smallest absolute Gasteiger partial charge is 0.269 e. The number of pyridine rings is 1. The van der Waals surface area contributed by atoms with Gasteiger partial charge in [-0.05, 0) is 37.4 Å². The number of nitrogens with zero attached hydrogens (tertiary/aromatic N) is 4. The fourth-order valence-corrected chi connectivity index (χ4v) is 5.01. The van der Waals surface area contributed by atoms with Crippen molar-refractivity contribution in [1.29, 1.82) is 5.26 Å². The monoisotopic (exact) mass is 425 g/mol. The average molecular weight is 426 g/mol. The SMILES string of the molecule is CNC(=O)c1ccc(N2CCN(CC3CNC4CC(C)C(=O)NC4C3)CC2)c(C#N)n1. The number of fused-ring (bicyclic) bond motifs is 1. The molecule has 3 fully saturated rings. The molecule has 3 N–H and O–H groups in total. The van der Waals surface area contributed by atoms with Crippen molar-refractivity contribution in [2.75, 3.05) is 51.2 Å². The van der Waals surface area contributed by atoms with Crippen molar-refractivity contribution < 1.29 is 9.59 Å². The second-order valence-electron chi connectivity index (χ2n) is 8.91. The van der Waals surface area contributed by atoms with Gasteiger partial charge in [-0.25, -0.2) is 4.98 Å². The Morgan fingerprint density at radius 3 is 2.74 bits per heavy atom. The Morgan fingerprint density at radius 1 is 1.26 bits per heavy atom. The molecular weight excluding hydrogens is 394 g/mol. The van der Waals surface area contributed by atoms with Crippen LogP contribution in [0.4, 0.5) is 5.69 Å². The highest BCUT2D eigenvalue weighted by Gasteiger charge is 2.38. The van der Waals surface area contributed by atoms with E-state index in [4.69, 9.17) is 0 Å². The summed E-state index contributed by atoms with van der Waals surface area (Å²) in [5.41, 5.74) is 1.34. The Bertz CT molecular complexity index is 875. The molecule has 2 amide bonds. The zero-order valence-corrected chi connectivity index (χ0v) is 18.2. The van der Waals surface area contributed by atoms with Crippen LogP contribution in [-0.2, 0) is 4.79 Å². The van der Waals surface area contributed by atoms with E-state index in [0.717, 1.165) is 57.8 Å². The molecule has 0 bridgehead atoms. The minimum atomic E-state index is -0.292. The highest BCUT2D eigenvalue weighted by Crippen LogP contribution is 2.26. The number of carbonyl (C=O) groups is 2. The number of carbonyl (C=O) groups excluding carboxylic acids is 2. The average Bonchev–Trinajstić information content (AvgIpc) is 2.79. The number of aromatic nitrogens is 1. The molecule has 3 aliphatic rings. The Hall–Kier alpha value is -2.70. The number of anilines is 1. The second kappa shape index (κ2) is 9.20. The van der Waals surface area contributed by atoms with E-state index in [1.807, 2.05) is 13.0 Å². The van der Waals surface area contributed by atoms with Crippen LogP contribution in [0.2, 0.25) is 0 Å². The van der Waals surface area contributed by atoms with Crippen LogP contribution in [-0.4, -0.2) is 80.1 Å². The summed E-state index contributed by atoms with van der Waals surface area (Å²) in [6, 6.07) is 6.27. The lowest BCUT2D eigenvalue weighted by Gasteiger charge is -2.44. The van der Waals surface area contributed by atoms with Gasteiger partial charge in [-0.2, -0.15) is 5.26 Å². The highest BCUT2D eigenvalue weighted by molar-refractivity contribution is 5.92. The van der Waals surface area contributed by atoms with Crippen molar-refractivity contribution in [2.24, 2.45) is 11.8 Å². The van der Waals surface area contributed by atoms with Gasteiger partial charge in [0.05, 0.1) is 5.69 Å². The molecule has 0 aliphatic carbocycles. The first-order chi connectivity index (χ1) is 15.0. The molecule has 166 valence electrons. The highest BCUT2D eigenvalue weighted by atomic mass is 16.2.